The third-order valence-corrected chi connectivity index (χ3v) is 6.12. The van der Waals surface area contributed by atoms with Crippen molar-refractivity contribution in [1.29, 1.82) is 0 Å². The number of amides is 1. The molecule has 30 heavy (non-hydrogen) atoms. The predicted molar refractivity (Wildman–Crippen MR) is 118 cm³/mol. The largest absolute Gasteiger partial charge is 0.451 e. The van der Waals surface area contributed by atoms with Crippen LogP contribution in [-0.2, 0) is 4.74 Å². The lowest BCUT2D eigenvalue weighted by Crippen LogP contribution is -2.32. The highest BCUT2D eigenvalue weighted by molar-refractivity contribution is 7.18. The summed E-state index contributed by atoms with van der Waals surface area (Å²) in [5.41, 5.74) is 5.25. The van der Waals surface area contributed by atoms with Gasteiger partial charge in [0.05, 0.1) is 34.8 Å². The molecule has 0 atom stereocenters. The molecule has 0 bridgehead atoms. The first-order valence-electron chi connectivity index (χ1n) is 9.48. The topological polar surface area (TPSA) is 83.8 Å². The Morgan fingerprint density at radius 1 is 1.30 bits per heavy atom. The van der Waals surface area contributed by atoms with Gasteiger partial charge in [-0.2, -0.15) is 5.10 Å². The monoisotopic (exact) mass is 422 g/mol. The van der Waals surface area contributed by atoms with E-state index in [1.165, 1.54) is 12.1 Å². The summed E-state index contributed by atoms with van der Waals surface area (Å²) in [6.07, 6.45) is 3.73. The molecule has 0 fully saturated rings. The van der Waals surface area contributed by atoms with E-state index in [2.05, 4.69) is 15.0 Å². The van der Waals surface area contributed by atoms with Crippen LogP contribution in [0.2, 0.25) is 0 Å². The summed E-state index contributed by atoms with van der Waals surface area (Å²) in [6.45, 7) is 2.78. The minimum Gasteiger partial charge on any atom is -0.451 e. The van der Waals surface area contributed by atoms with Crippen molar-refractivity contribution in [1.82, 2.24) is 20.0 Å². The highest BCUT2D eigenvalue weighted by Gasteiger charge is 2.24. The van der Waals surface area contributed by atoms with Crippen LogP contribution in [0.25, 0.3) is 21.1 Å². The maximum absolute atomic E-state index is 11.8. The van der Waals surface area contributed by atoms with E-state index >= 15 is 0 Å². The average molecular weight is 423 g/mol. The molecule has 3 aromatic heterocycles. The van der Waals surface area contributed by atoms with Crippen LogP contribution in [0.4, 0.5) is 10.5 Å². The number of aromatic nitrogens is 3. The Kier molecular flexibility index (Phi) is 5.45. The maximum Gasteiger partial charge on any atom is 0.429 e. The normalized spacial score (nSPS) is 14.5. The summed E-state index contributed by atoms with van der Waals surface area (Å²) < 4.78 is 4.75. The first-order chi connectivity index (χ1) is 14.5. The Balaban J connectivity index is 1.76. The fraction of sp³-hybridized carbons (Fsp3) is 0.286. The van der Waals surface area contributed by atoms with Gasteiger partial charge in [0.25, 0.3) is 0 Å². The molecule has 0 saturated heterocycles. The van der Waals surface area contributed by atoms with Crippen LogP contribution in [0.5, 0.6) is 0 Å². The highest BCUT2D eigenvalue weighted by Crippen LogP contribution is 2.36. The molecule has 8 nitrogen and oxygen atoms in total. The van der Waals surface area contributed by atoms with E-state index in [0.29, 0.717) is 6.42 Å². The maximum atomic E-state index is 11.8. The summed E-state index contributed by atoms with van der Waals surface area (Å²) in [5, 5.41) is 6.57. The van der Waals surface area contributed by atoms with Crippen LogP contribution in [-0.4, -0.2) is 59.5 Å². The predicted octanol–water partition coefficient (Wildman–Crippen LogP) is 3.82. The molecular weight excluding hydrogens is 400 g/mol. The van der Waals surface area contributed by atoms with Gasteiger partial charge in [-0.15, -0.1) is 11.3 Å². The van der Waals surface area contributed by atoms with Crippen molar-refractivity contribution in [3.63, 3.8) is 0 Å². The lowest BCUT2D eigenvalue weighted by molar-refractivity contribution is 0.134. The number of rotatable bonds is 3. The number of hydrogen-bond donors (Lipinski definition) is 0. The summed E-state index contributed by atoms with van der Waals surface area (Å²) in [5.74, 6) is 0. The van der Waals surface area contributed by atoms with Gasteiger partial charge < -0.3 is 9.64 Å². The van der Waals surface area contributed by atoms with E-state index in [1.807, 2.05) is 44.4 Å². The second-order valence-electron chi connectivity index (χ2n) is 6.95. The van der Waals surface area contributed by atoms with E-state index in [9.17, 15) is 4.79 Å². The van der Waals surface area contributed by atoms with Gasteiger partial charge in [0.15, 0.2) is 0 Å². The Bertz CT molecular complexity index is 1110. The SMILES string of the molecule is COC(=O)N(C)N=C1CCN(C)c2ccc(-c3sc(-c4cccnc4)nc3C)nc21. The molecular formula is C21H22N6O2S. The molecule has 1 aliphatic rings. The first-order valence-corrected chi connectivity index (χ1v) is 10.3. The molecule has 0 radical (unpaired) electrons. The van der Waals surface area contributed by atoms with Gasteiger partial charge in [-0.25, -0.2) is 19.8 Å². The second-order valence-corrected chi connectivity index (χ2v) is 7.95. The van der Waals surface area contributed by atoms with Crippen LogP contribution in [0.1, 0.15) is 17.8 Å². The number of carbonyl (C=O) groups excluding carboxylic acids is 1. The fourth-order valence-corrected chi connectivity index (χ4v) is 4.34. The quantitative estimate of drug-likeness (QED) is 0.597. The summed E-state index contributed by atoms with van der Waals surface area (Å²) >= 11 is 1.59. The number of anilines is 1. The van der Waals surface area contributed by atoms with Crippen molar-refractivity contribution in [3.8, 4) is 21.1 Å². The van der Waals surface area contributed by atoms with Crippen molar-refractivity contribution >= 4 is 28.8 Å². The van der Waals surface area contributed by atoms with Gasteiger partial charge in [-0.05, 0) is 31.2 Å². The van der Waals surface area contributed by atoms with Gasteiger partial charge in [0.1, 0.15) is 10.7 Å². The zero-order valence-corrected chi connectivity index (χ0v) is 18.1. The standard InChI is InChI=1S/C21H22N6O2S/c1-13-19(30-20(23-13)14-6-5-10-22-12-14)16-7-8-17-18(24-16)15(9-11-26(17)2)25-27(3)21(28)29-4/h5-8,10,12H,9,11H2,1-4H3. The number of carbonyl (C=O) groups is 1. The van der Waals surface area contributed by atoms with Crippen molar-refractivity contribution < 1.29 is 9.53 Å². The number of thiazole rings is 1. The summed E-state index contributed by atoms with van der Waals surface area (Å²) in [6, 6.07) is 7.96. The smallest absolute Gasteiger partial charge is 0.429 e. The summed E-state index contributed by atoms with van der Waals surface area (Å²) in [7, 11) is 4.94. The lowest BCUT2D eigenvalue weighted by atomic mass is 10.0. The first kappa shape index (κ1) is 20.0. The molecule has 4 heterocycles. The molecule has 0 unspecified atom stereocenters. The van der Waals surface area contributed by atoms with Crippen LogP contribution >= 0.6 is 11.3 Å². The number of ether oxygens (including phenoxy) is 1. The molecule has 4 rings (SSSR count). The number of nitrogens with zero attached hydrogens (tertiary/aromatic N) is 6. The third-order valence-electron chi connectivity index (χ3n) is 4.89. The molecule has 1 aliphatic heterocycles. The van der Waals surface area contributed by atoms with Gasteiger partial charge in [0.2, 0.25) is 0 Å². The van der Waals surface area contributed by atoms with E-state index in [-0.39, 0.29) is 0 Å². The van der Waals surface area contributed by atoms with Crippen molar-refractivity contribution in [3.05, 3.63) is 48.0 Å². The van der Waals surface area contributed by atoms with Crippen molar-refractivity contribution in [2.24, 2.45) is 5.10 Å². The van der Waals surface area contributed by atoms with E-state index in [0.717, 1.165) is 50.5 Å². The molecule has 0 saturated carbocycles. The Morgan fingerprint density at radius 3 is 2.87 bits per heavy atom. The molecule has 154 valence electrons. The minimum absolute atomic E-state index is 0.515. The van der Waals surface area contributed by atoms with E-state index < -0.39 is 6.09 Å². The number of methoxy groups -OCH3 is 1. The zero-order chi connectivity index (χ0) is 21.3. The van der Waals surface area contributed by atoms with Crippen molar-refractivity contribution in [2.45, 2.75) is 13.3 Å². The Hall–Kier alpha value is -3.33. The fourth-order valence-electron chi connectivity index (χ4n) is 3.31. The molecule has 0 spiro atoms. The van der Waals surface area contributed by atoms with E-state index in [1.54, 1.807) is 24.6 Å². The minimum atomic E-state index is -0.515. The highest BCUT2D eigenvalue weighted by atomic mass is 32.1. The molecule has 0 aromatic carbocycles. The van der Waals surface area contributed by atoms with Gasteiger partial charge >= 0.3 is 6.09 Å². The molecule has 0 N–H and O–H groups in total. The van der Waals surface area contributed by atoms with Crippen molar-refractivity contribution in [2.75, 3.05) is 32.6 Å². The lowest BCUT2D eigenvalue weighted by Gasteiger charge is -2.28. The number of aryl methyl sites for hydroxylation is 1. The van der Waals surface area contributed by atoms with Crippen LogP contribution in [0, 0.1) is 6.92 Å². The van der Waals surface area contributed by atoms with Crippen LogP contribution in [0.15, 0.2) is 41.8 Å². The molecule has 1 amide bonds. The molecule has 3 aromatic rings. The number of fused-ring (bicyclic) bond motifs is 1. The number of hydrazone groups is 1. The van der Waals surface area contributed by atoms with Gasteiger partial charge in [-0.1, -0.05) is 0 Å². The Labute approximate surface area is 178 Å². The Morgan fingerprint density at radius 2 is 2.13 bits per heavy atom. The number of pyridine rings is 2. The van der Waals surface area contributed by atoms with Gasteiger partial charge in [-0.3, -0.25) is 4.98 Å². The van der Waals surface area contributed by atoms with Crippen LogP contribution in [0.3, 0.4) is 0 Å². The van der Waals surface area contributed by atoms with Gasteiger partial charge in [0, 0.05) is 45.0 Å². The second kappa shape index (κ2) is 8.19. The zero-order valence-electron chi connectivity index (χ0n) is 17.3. The summed E-state index contributed by atoms with van der Waals surface area (Å²) in [4.78, 5) is 28.8. The number of hydrogen-bond acceptors (Lipinski definition) is 8. The third kappa shape index (κ3) is 3.76. The average Bonchev–Trinajstić information content (AvgIpc) is 3.17. The van der Waals surface area contributed by atoms with Crippen LogP contribution < -0.4 is 4.90 Å². The van der Waals surface area contributed by atoms with E-state index in [4.69, 9.17) is 14.7 Å². The molecule has 9 heteroatoms. The molecule has 0 aliphatic carbocycles.